The molecule has 6 nitrogen and oxygen atoms in total. The maximum absolute atomic E-state index is 12.2. The number of amides is 1. The highest BCUT2D eigenvalue weighted by Gasteiger charge is 2.19. The minimum Gasteiger partial charge on any atom is -0.345 e. The minimum absolute atomic E-state index is 0.0877. The standard InChI is InChI=1S/C12H17N5O/c1-7(10-5-13-14-6-10)15-12(18)11-8(2)16-17(4)9(11)3/h5-7H,1-4H3,(H,13,14)(H,15,18). The number of H-pyrrole nitrogens is 1. The van der Waals surface area contributed by atoms with Gasteiger partial charge in [0.05, 0.1) is 23.5 Å². The molecule has 0 aliphatic rings. The molecule has 2 aromatic rings. The fourth-order valence-electron chi connectivity index (χ4n) is 1.95. The number of rotatable bonds is 3. The lowest BCUT2D eigenvalue weighted by atomic mass is 10.1. The van der Waals surface area contributed by atoms with Crippen LogP contribution in [0.3, 0.4) is 0 Å². The molecule has 1 amide bonds. The largest absolute Gasteiger partial charge is 0.345 e. The van der Waals surface area contributed by atoms with Crippen LogP contribution in [0.1, 0.15) is 40.3 Å². The third-order valence-electron chi connectivity index (χ3n) is 3.10. The molecule has 6 heteroatoms. The summed E-state index contributed by atoms with van der Waals surface area (Å²) in [5.74, 6) is -0.105. The van der Waals surface area contributed by atoms with Crippen LogP contribution in [0.2, 0.25) is 0 Å². The number of carbonyl (C=O) groups excluding carboxylic acids is 1. The highest BCUT2D eigenvalue weighted by Crippen LogP contribution is 2.15. The van der Waals surface area contributed by atoms with E-state index in [4.69, 9.17) is 0 Å². The van der Waals surface area contributed by atoms with Crippen LogP contribution in [-0.4, -0.2) is 25.9 Å². The van der Waals surface area contributed by atoms with E-state index in [1.165, 1.54) is 0 Å². The topological polar surface area (TPSA) is 75.6 Å². The number of aromatic nitrogens is 4. The summed E-state index contributed by atoms with van der Waals surface area (Å²) in [5, 5.41) is 13.8. The number of carbonyl (C=O) groups is 1. The minimum atomic E-state index is -0.105. The third kappa shape index (κ3) is 2.13. The van der Waals surface area contributed by atoms with Gasteiger partial charge in [-0.15, -0.1) is 0 Å². The lowest BCUT2D eigenvalue weighted by molar-refractivity contribution is 0.0938. The van der Waals surface area contributed by atoms with Gasteiger partial charge in [0.2, 0.25) is 0 Å². The van der Waals surface area contributed by atoms with E-state index in [1.54, 1.807) is 17.1 Å². The Morgan fingerprint density at radius 1 is 1.50 bits per heavy atom. The molecule has 2 heterocycles. The Labute approximate surface area is 105 Å². The third-order valence-corrected chi connectivity index (χ3v) is 3.10. The monoisotopic (exact) mass is 247 g/mol. The first-order valence-corrected chi connectivity index (χ1v) is 5.80. The Hall–Kier alpha value is -2.11. The van der Waals surface area contributed by atoms with Gasteiger partial charge in [0, 0.05) is 24.5 Å². The summed E-state index contributed by atoms with van der Waals surface area (Å²) in [4.78, 5) is 12.2. The molecule has 0 saturated carbocycles. The lowest BCUT2D eigenvalue weighted by Crippen LogP contribution is -2.27. The van der Waals surface area contributed by atoms with Gasteiger partial charge >= 0.3 is 0 Å². The van der Waals surface area contributed by atoms with Gasteiger partial charge in [-0.3, -0.25) is 14.6 Å². The maximum atomic E-state index is 12.2. The molecule has 96 valence electrons. The molecule has 0 aliphatic carbocycles. The summed E-state index contributed by atoms with van der Waals surface area (Å²) < 4.78 is 1.72. The highest BCUT2D eigenvalue weighted by molar-refractivity contribution is 5.96. The van der Waals surface area contributed by atoms with E-state index in [9.17, 15) is 4.79 Å². The first-order chi connectivity index (χ1) is 8.50. The van der Waals surface area contributed by atoms with Crippen molar-refractivity contribution in [2.75, 3.05) is 0 Å². The van der Waals surface area contributed by atoms with Crippen molar-refractivity contribution in [1.29, 1.82) is 0 Å². The van der Waals surface area contributed by atoms with Gasteiger partial charge in [-0.1, -0.05) is 0 Å². The molecule has 1 unspecified atom stereocenters. The average molecular weight is 247 g/mol. The Kier molecular flexibility index (Phi) is 3.18. The molecule has 0 spiro atoms. The van der Waals surface area contributed by atoms with E-state index in [0.29, 0.717) is 5.56 Å². The summed E-state index contributed by atoms with van der Waals surface area (Å²) in [6.45, 7) is 5.64. The molecule has 0 fully saturated rings. The van der Waals surface area contributed by atoms with Gasteiger partial charge in [-0.25, -0.2) is 0 Å². The second kappa shape index (κ2) is 4.64. The Balaban J connectivity index is 2.17. The molecular weight excluding hydrogens is 230 g/mol. The smallest absolute Gasteiger partial charge is 0.255 e. The quantitative estimate of drug-likeness (QED) is 0.857. The lowest BCUT2D eigenvalue weighted by Gasteiger charge is -2.12. The van der Waals surface area contributed by atoms with Gasteiger partial charge in [-0.2, -0.15) is 10.2 Å². The highest BCUT2D eigenvalue weighted by atomic mass is 16.1. The van der Waals surface area contributed by atoms with Crippen LogP contribution in [0.25, 0.3) is 0 Å². The molecule has 0 bridgehead atoms. The molecule has 0 radical (unpaired) electrons. The number of hydrogen-bond acceptors (Lipinski definition) is 3. The molecule has 1 atom stereocenters. The zero-order chi connectivity index (χ0) is 13.3. The van der Waals surface area contributed by atoms with E-state index in [-0.39, 0.29) is 11.9 Å². The van der Waals surface area contributed by atoms with Crippen molar-refractivity contribution in [3.8, 4) is 0 Å². The van der Waals surface area contributed by atoms with Gasteiger partial charge in [0.25, 0.3) is 5.91 Å². The summed E-state index contributed by atoms with van der Waals surface area (Å²) in [5.41, 5.74) is 3.20. The van der Waals surface area contributed by atoms with Gasteiger partial charge in [0.1, 0.15) is 0 Å². The fraction of sp³-hybridized carbons (Fsp3) is 0.417. The second-order valence-electron chi connectivity index (χ2n) is 4.40. The predicted molar refractivity (Wildman–Crippen MR) is 67.2 cm³/mol. The van der Waals surface area contributed by atoms with Gasteiger partial charge in [0.15, 0.2) is 0 Å². The molecule has 18 heavy (non-hydrogen) atoms. The van der Waals surface area contributed by atoms with Gasteiger partial charge in [-0.05, 0) is 20.8 Å². The van der Waals surface area contributed by atoms with E-state index in [0.717, 1.165) is 17.0 Å². The summed E-state index contributed by atoms with van der Waals surface area (Å²) >= 11 is 0. The van der Waals surface area contributed by atoms with E-state index < -0.39 is 0 Å². The van der Waals surface area contributed by atoms with Crippen LogP contribution in [0.4, 0.5) is 0 Å². The predicted octanol–water partition coefficient (Wildman–Crippen LogP) is 1.25. The molecule has 0 saturated heterocycles. The van der Waals surface area contributed by atoms with Crippen molar-refractivity contribution in [1.82, 2.24) is 25.3 Å². The van der Waals surface area contributed by atoms with Crippen LogP contribution in [0, 0.1) is 13.8 Å². The Morgan fingerprint density at radius 3 is 2.72 bits per heavy atom. The van der Waals surface area contributed by atoms with Crippen molar-refractivity contribution in [3.63, 3.8) is 0 Å². The van der Waals surface area contributed by atoms with E-state index >= 15 is 0 Å². The molecule has 0 aromatic carbocycles. The molecule has 2 aromatic heterocycles. The normalized spacial score (nSPS) is 12.4. The summed E-state index contributed by atoms with van der Waals surface area (Å²) in [6, 6.07) is -0.0877. The zero-order valence-electron chi connectivity index (χ0n) is 11.0. The van der Waals surface area contributed by atoms with Gasteiger partial charge < -0.3 is 5.32 Å². The number of hydrogen-bond donors (Lipinski definition) is 2. The summed E-state index contributed by atoms with van der Waals surface area (Å²) in [7, 11) is 1.83. The first-order valence-electron chi connectivity index (χ1n) is 5.80. The van der Waals surface area contributed by atoms with Crippen molar-refractivity contribution < 1.29 is 4.79 Å². The van der Waals surface area contributed by atoms with E-state index in [2.05, 4.69) is 20.6 Å². The maximum Gasteiger partial charge on any atom is 0.255 e. The second-order valence-corrected chi connectivity index (χ2v) is 4.40. The van der Waals surface area contributed by atoms with Crippen LogP contribution in [0.5, 0.6) is 0 Å². The van der Waals surface area contributed by atoms with Crippen molar-refractivity contribution >= 4 is 5.91 Å². The Morgan fingerprint density at radius 2 is 2.22 bits per heavy atom. The van der Waals surface area contributed by atoms with Crippen LogP contribution >= 0.6 is 0 Å². The van der Waals surface area contributed by atoms with Crippen LogP contribution in [0.15, 0.2) is 12.4 Å². The summed E-state index contributed by atoms with van der Waals surface area (Å²) in [6.07, 6.45) is 3.47. The molecule has 2 N–H and O–H groups in total. The number of nitrogens with one attached hydrogen (secondary N) is 2. The first kappa shape index (κ1) is 12.3. The molecular formula is C12H17N5O. The van der Waals surface area contributed by atoms with Crippen molar-refractivity contribution in [3.05, 3.63) is 34.9 Å². The Bertz CT molecular complexity index is 555. The SMILES string of the molecule is Cc1nn(C)c(C)c1C(=O)NC(C)c1cn[nH]c1. The van der Waals surface area contributed by atoms with Crippen molar-refractivity contribution in [2.45, 2.75) is 26.8 Å². The van der Waals surface area contributed by atoms with Crippen LogP contribution in [-0.2, 0) is 7.05 Å². The number of nitrogens with zero attached hydrogens (tertiary/aromatic N) is 3. The zero-order valence-corrected chi connectivity index (χ0v) is 11.0. The van der Waals surface area contributed by atoms with Crippen LogP contribution < -0.4 is 5.32 Å². The number of aryl methyl sites for hydroxylation is 2. The molecule has 0 aliphatic heterocycles. The van der Waals surface area contributed by atoms with E-state index in [1.807, 2.05) is 27.8 Å². The number of aromatic amines is 1. The molecule has 2 rings (SSSR count). The van der Waals surface area contributed by atoms with Crippen molar-refractivity contribution in [2.24, 2.45) is 7.05 Å². The fourth-order valence-corrected chi connectivity index (χ4v) is 1.95. The average Bonchev–Trinajstić information content (AvgIpc) is 2.88.